The molecule has 0 saturated heterocycles. The Morgan fingerprint density at radius 1 is 0.826 bits per heavy atom. The number of aliphatic hydroxyl groups is 1. The summed E-state index contributed by atoms with van der Waals surface area (Å²) < 4.78 is 9.96. The molecule has 0 heterocycles. The number of hydrogen-bond acceptors (Lipinski definition) is 5. The normalized spacial score (nSPS) is 11.5. The SMILES string of the molecule is O=C(C[C@@H](O)C(=O)OCc1ccccc1)OCc1ccccc1. The molecule has 2 rings (SSSR count). The van der Waals surface area contributed by atoms with Gasteiger partial charge in [0.15, 0.2) is 6.10 Å². The summed E-state index contributed by atoms with van der Waals surface area (Å²) in [5.74, 6) is -1.50. The summed E-state index contributed by atoms with van der Waals surface area (Å²) in [4.78, 5) is 23.3. The molecule has 0 saturated carbocycles. The Balaban J connectivity index is 1.71. The summed E-state index contributed by atoms with van der Waals surface area (Å²) in [5, 5.41) is 9.69. The van der Waals surface area contributed by atoms with Crippen molar-refractivity contribution in [2.75, 3.05) is 0 Å². The smallest absolute Gasteiger partial charge is 0.335 e. The first-order valence-corrected chi connectivity index (χ1v) is 7.23. The third-order valence-electron chi connectivity index (χ3n) is 3.10. The summed E-state index contributed by atoms with van der Waals surface area (Å²) in [5.41, 5.74) is 1.64. The minimum absolute atomic E-state index is 0.0514. The van der Waals surface area contributed by atoms with E-state index in [1.165, 1.54) is 0 Å². The van der Waals surface area contributed by atoms with Crippen LogP contribution in [0.4, 0.5) is 0 Å². The van der Waals surface area contributed by atoms with E-state index in [2.05, 4.69) is 0 Å². The Kier molecular flexibility index (Phi) is 6.32. The highest BCUT2D eigenvalue weighted by atomic mass is 16.6. The van der Waals surface area contributed by atoms with Crippen molar-refractivity contribution in [3.8, 4) is 0 Å². The summed E-state index contributed by atoms with van der Waals surface area (Å²) in [6.07, 6.45) is -1.96. The van der Waals surface area contributed by atoms with Gasteiger partial charge in [0, 0.05) is 0 Å². The standard InChI is InChI=1S/C18H18O5/c19-16(18(21)23-13-15-9-5-2-6-10-15)11-17(20)22-12-14-7-3-1-4-8-14/h1-10,16,19H,11-13H2/t16-/m1/s1. The lowest BCUT2D eigenvalue weighted by Crippen LogP contribution is -2.26. The van der Waals surface area contributed by atoms with Crippen LogP contribution in [-0.4, -0.2) is 23.1 Å². The molecule has 5 nitrogen and oxygen atoms in total. The Morgan fingerprint density at radius 2 is 1.30 bits per heavy atom. The Bertz CT molecular complexity index is 624. The summed E-state index contributed by atoms with van der Waals surface area (Å²) in [6.45, 7) is 0.154. The van der Waals surface area contributed by atoms with Gasteiger partial charge in [-0.2, -0.15) is 0 Å². The van der Waals surface area contributed by atoms with Crippen LogP contribution in [0.2, 0.25) is 0 Å². The van der Waals surface area contributed by atoms with Crippen LogP contribution in [0, 0.1) is 0 Å². The molecule has 0 aliphatic carbocycles. The number of esters is 2. The number of aliphatic hydroxyl groups excluding tert-OH is 1. The predicted octanol–water partition coefficient (Wildman–Crippen LogP) is 2.22. The van der Waals surface area contributed by atoms with Gasteiger partial charge in [-0.25, -0.2) is 4.79 Å². The predicted molar refractivity (Wildman–Crippen MR) is 83.1 cm³/mol. The molecule has 0 fully saturated rings. The topological polar surface area (TPSA) is 72.8 Å². The first-order chi connectivity index (χ1) is 11.1. The second-order valence-electron chi connectivity index (χ2n) is 4.96. The van der Waals surface area contributed by atoms with Gasteiger partial charge < -0.3 is 14.6 Å². The Hall–Kier alpha value is -2.66. The van der Waals surface area contributed by atoms with Crippen LogP contribution in [0.5, 0.6) is 0 Å². The molecular formula is C18H18O5. The van der Waals surface area contributed by atoms with Crippen LogP contribution < -0.4 is 0 Å². The lowest BCUT2D eigenvalue weighted by atomic mass is 10.2. The maximum Gasteiger partial charge on any atom is 0.335 e. The van der Waals surface area contributed by atoms with Crippen molar-refractivity contribution in [2.24, 2.45) is 0 Å². The quantitative estimate of drug-likeness (QED) is 0.793. The number of benzene rings is 2. The molecule has 0 aliphatic rings. The van der Waals surface area contributed by atoms with Gasteiger partial charge in [-0.3, -0.25) is 4.79 Å². The van der Waals surface area contributed by atoms with Crippen molar-refractivity contribution in [1.29, 1.82) is 0 Å². The van der Waals surface area contributed by atoms with Gasteiger partial charge in [0.2, 0.25) is 0 Å². The average Bonchev–Trinajstić information content (AvgIpc) is 2.59. The molecule has 0 spiro atoms. The molecule has 0 unspecified atom stereocenters. The van der Waals surface area contributed by atoms with Crippen LogP contribution in [-0.2, 0) is 32.3 Å². The number of carbonyl (C=O) groups is 2. The second-order valence-corrected chi connectivity index (χ2v) is 4.96. The monoisotopic (exact) mass is 314 g/mol. The molecule has 0 amide bonds. The molecule has 1 N–H and O–H groups in total. The van der Waals surface area contributed by atoms with Gasteiger partial charge in [0.1, 0.15) is 13.2 Å². The van der Waals surface area contributed by atoms with Gasteiger partial charge in [-0.1, -0.05) is 60.7 Å². The van der Waals surface area contributed by atoms with E-state index in [9.17, 15) is 14.7 Å². The second kappa shape index (κ2) is 8.70. The maximum absolute atomic E-state index is 11.6. The molecule has 5 heteroatoms. The number of hydrogen-bond donors (Lipinski definition) is 1. The zero-order valence-electron chi connectivity index (χ0n) is 12.6. The first-order valence-electron chi connectivity index (χ1n) is 7.23. The summed E-state index contributed by atoms with van der Waals surface area (Å²) >= 11 is 0. The molecule has 0 aliphatic heterocycles. The lowest BCUT2D eigenvalue weighted by molar-refractivity contribution is -0.161. The van der Waals surface area contributed by atoms with Gasteiger partial charge in [0.05, 0.1) is 6.42 Å². The molecule has 2 aromatic rings. The highest BCUT2D eigenvalue weighted by molar-refractivity contribution is 5.81. The molecule has 2 aromatic carbocycles. The van der Waals surface area contributed by atoms with E-state index in [0.29, 0.717) is 0 Å². The molecule has 0 radical (unpaired) electrons. The zero-order valence-corrected chi connectivity index (χ0v) is 12.6. The molecular weight excluding hydrogens is 296 g/mol. The zero-order chi connectivity index (χ0) is 16.5. The van der Waals surface area contributed by atoms with Gasteiger partial charge in [-0.05, 0) is 11.1 Å². The molecule has 120 valence electrons. The largest absolute Gasteiger partial charge is 0.461 e. The first kappa shape index (κ1) is 16.7. The van der Waals surface area contributed by atoms with Crippen LogP contribution in [0.15, 0.2) is 60.7 Å². The van der Waals surface area contributed by atoms with Crippen LogP contribution >= 0.6 is 0 Å². The van der Waals surface area contributed by atoms with E-state index in [1.807, 2.05) is 48.5 Å². The average molecular weight is 314 g/mol. The molecule has 23 heavy (non-hydrogen) atoms. The summed E-state index contributed by atoms with van der Waals surface area (Å²) in [7, 11) is 0. The third kappa shape index (κ3) is 5.92. The van der Waals surface area contributed by atoms with E-state index in [-0.39, 0.29) is 13.2 Å². The fourth-order valence-corrected chi connectivity index (χ4v) is 1.86. The molecule has 1 atom stereocenters. The minimum Gasteiger partial charge on any atom is -0.461 e. The number of carbonyl (C=O) groups excluding carboxylic acids is 2. The van der Waals surface area contributed by atoms with Crippen LogP contribution in [0.3, 0.4) is 0 Å². The van der Waals surface area contributed by atoms with Crippen molar-refractivity contribution in [3.05, 3.63) is 71.8 Å². The van der Waals surface area contributed by atoms with E-state index in [0.717, 1.165) is 11.1 Å². The Labute approximate surface area is 134 Å². The van der Waals surface area contributed by atoms with Crippen molar-refractivity contribution in [3.63, 3.8) is 0 Å². The minimum atomic E-state index is -1.53. The van der Waals surface area contributed by atoms with Crippen molar-refractivity contribution in [1.82, 2.24) is 0 Å². The van der Waals surface area contributed by atoms with Crippen LogP contribution in [0.25, 0.3) is 0 Å². The van der Waals surface area contributed by atoms with E-state index >= 15 is 0 Å². The number of rotatable bonds is 7. The van der Waals surface area contributed by atoms with Crippen molar-refractivity contribution >= 4 is 11.9 Å². The fourth-order valence-electron chi connectivity index (χ4n) is 1.86. The number of ether oxygens (including phenoxy) is 2. The van der Waals surface area contributed by atoms with Gasteiger partial charge in [-0.15, -0.1) is 0 Å². The highest BCUT2D eigenvalue weighted by Gasteiger charge is 2.21. The lowest BCUT2D eigenvalue weighted by Gasteiger charge is -2.11. The fraction of sp³-hybridized carbons (Fsp3) is 0.222. The third-order valence-corrected chi connectivity index (χ3v) is 3.10. The van der Waals surface area contributed by atoms with E-state index in [4.69, 9.17) is 9.47 Å². The van der Waals surface area contributed by atoms with Crippen molar-refractivity contribution < 1.29 is 24.2 Å². The highest BCUT2D eigenvalue weighted by Crippen LogP contribution is 2.06. The van der Waals surface area contributed by atoms with Crippen molar-refractivity contribution in [2.45, 2.75) is 25.7 Å². The van der Waals surface area contributed by atoms with Gasteiger partial charge >= 0.3 is 11.9 Å². The molecule has 0 bridgehead atoms. The molecule has 0 aromatic heterocycles. The van der Waals surface area contributed by atoms with E-state index < -0.39 is 24.5 Å². The van der Waals surface area contributed by atoms with Crippen LogP contribution in [0.1, 0.15) is 17.5 Å². The summed E-state index contributed by atoms with van der Waals surface area (Å²) in [6, 6.07) is 18.2. The van der Waals surface area contributed by atoms with Gasteiger partial charge in [0.25, 0.3) is 0 Å². The maximum atomic E-state index is 11.6. The Morgan fingerprint density at radius 3 is 1.83 bits per heavy atom. The van der Waals surface area contributed by atoms with E-state index in [1.54, 1.807) is 12.1 Å².